The first kappa shape index (κ1) is 13.9. The lowest BCUT2D eigenvalue weighted by Crippen LogP contribution is -2.57. The highest BCUT2D eigenvalue weighted by atomic mass is 19.1. The number of hydrogen-bond donors (Lipinski definition) is 2. The number of amides is 1. The van der Waals surface area contributed by atoms with Gasteiger partial charge in [0.2, 0.25) is 5.91 Å². The van der Waals surface area contributed by atoms with Crippen LogP contribution in [0.25, 0.3) is 0 Å². The standard InChI is InChI=1S/C13H19FN4O/c1-9(10-5-11(14)7-17-6-10)18-4-3-16-8-12(18)13(19)15-2/h5-7,9,12,16H,3-4,8H2,1-2H3,(H,15,19). The van der Waals surface area contributed by atoms with Crippen LogP contribution in [0, 0.1) is 5.82 Å². The van der Waals surface area contributed by atoms with Crippen molar-refractivity contribution >= 4 is 5.91 Å². The Morgan fingerprint density at radius 2 is 2.42 bits per heavy atom. The Balaban J connectivity index is 2.19. The largest absolute Gasteiger partial charge is 0.358 e. The number of carbonyl (C=O) groups excluding carboxylic acids is 1. The molecule has 1 aliphatic rings. The molecule has 0 aromatic carbocycles. The third kappa shape index (κ3) is 3.08. The van der Waals surface area contributed by atoms with E-state index in [-0.39, 0.29) is 23.8 Å². The van der Waals surface area contributed by atoms with E-state index in [2.05, 4.69) is 20.5 Å². The van der Waals surface area contributed by atoms with Gasteiger partial charge in [-0.25, -0.2) is 4.39 Å². The van der Waals surface area contributed by atoms with Crippen molar-refractivity contribution in [3.8, 4) is 0 Å². The van der Waals surface area contributed by atoms with Crippen LogP contribution in [0.4, 0.5) is 4.39 Å². The smallest absolute Gasteiger partial charge is 0.238 e. The highest BCUT2D eigenvalue weighted by molar-refractivity contribution is 5.81. The topological polar surface area (TPSA) is 57.3 Å². The Morgan fingerprint density at radius 1 is 1.63 bits per heavy atom. The van der Waals surface area contributed by atoms with Crippen LogP contribution < -0.4 is 10.6 Å². The van der Waals surface area contributed by atoms with Gasteiger partial charge in [0.1, 0.15) is 11.9 Å². The zero-order valence-electron chi connectivity index (χ0n) is 11.2. The molecule has 0 radical (unpaired) electrons. The fourth-order valence-corrected chi connectivity index (χ4v) is 2.44. The summed E-state index contributed by atoms with van der Waals surface area (Å²) in [5.74, 6) is -0.376. The molecule has 2 atom stereocenters. The van der Waals surface area contributed by atoms with Crippen molar-refractivity contribution in [2.45, 2.75) is 19.0 Å². The number of nitrogens with zero attached hydrogens (tertiary/aromatic N) is 2. The van der Waals surface area contributed by atoms with Crippen LogP contribution in [0.15, 0.2) is 18.5 Å². The number of rotatable bonds is 3. The van der Waals surface area contributed by atoms with Gasteiger partial charge in [-0.05, 0) is 18.6 Å². The molecule has 1 aromatic rings. The van der Waals surface area contributed by atoms with Crippen molar-refractivity contribution in [2.75, 3.05) is 26.7 Å². The Hall–Kier alpha value is -1.53. The Kier molecular flexibility index (Phi) is 4.44. The Bertz CT molecular complexity index is 454. The van der Waals surface area contributed by atoms with Crippen molar-refractivity contribution in [1.82, 2.24) is 20.5 Å². The van der Waals surface area contributed by atoms with Gasteiger partial charge in [0.05, 0.1) is 6.20 Å². The van der Waals surface area contributed by atoms with Crippen LogP contribution in [0.2, 0.25) is 0 Å². The van der Waals surface area contributed by atoms with E-state index < -0.39 is 0 Å². The maximum atomic E-state index is 13.2. The van der Waals surface area contributed by atoms with E-state index in [9.17, 15) is 9.18 Å². The molecule has 6 heteroatoms. The molecule has 1 amide bonds. The predicted molar refractivity (Wildman–Crippen MR) is 70.0 cm³/mol. The van der Waals surface area contributed by atoms with Gasteiger partial charge in [0.25, 0.3) is 0 Å². The third-order valence-corrected chi connectivity index (χ3v) is 3.54. The van der Waals surface area contributed by atoms with Crippen molar-refractivity contribution in [3.63, 3.8) is 0 Å². The maximum absolute atomic E-state index is 13.2. The Labute approximate surface area is 112 Å². The number of halogens is 1. The van der Waals surface area contributed by atoms with E-state index in [1.807, 2.05) is 6.92 Å². The number of aromatic nitrogens is 1. The Morgan fingerprint density at radius 3 is 3.11 bits per heavy atom. The zero-order chi connectivity index (χ0) is 13.8. The summed E-state index contributed by atoms with van der Waals surface area (Å²) < 4.78 is 13.2. The lowest BCUT2D eigenvalue weighted by atomic mass is 10.0. The van der Waals surface area contributed by atoms with Crippen molar-refractivity contribution in [3.05, 3.63) is 29.8 Å². The van der Waals surface area contributed by atoms with E-state index in [4.69, 9.17) is 0 Å². The first-order valence-corrected chi connectivity index (χ1v) is 6.42. The van der Waals surface area contributed by atoms with E-state index in [0.29, 0.717) is 6.54 Å². The molecule has 1 fully saturated rings. The fourth-order valence-electron chi connectivity index (χ4n) is 2.44. The van der Waals surface area contributed by atoms with E-state index in [1.165, 1.54) is 12.3 Å². The monoisotopic (exact) mass is 266 g/mol. The lowest BCUT2D eigenvalue weighted by molar-refractivity contribution is -0.127. The molecule has 2 rings (SSSR count). The summed E-state index contributed by atoms with van der Waals surface area (Å²) in [5, 5.41) is 5.88. The highest BCUT2D eigenvalue weighted by Gasteiger charge is 2.31. The number of carbonyl (C=O) groups is 1. The first-order chi connectivity index (χ1) is 9.13. The molecular weight excluding hydrogens is 247 g/mol. The fraction of sp³-hybridized carbons (Fsp3) is 0.538. The van der Waals surface area contributed by atoms with Crippen LogP contribution in [0.3, 0.4) is 0 Å². The van der Waals surface area contributed by atoms with Gasteiger partial charge in [-0.15, -0.1) is 0 Å². The molecule has 2 heterocycles. The number of likely N-dealkylation sites (N-methyl/N-ethyl adjacent to an activating group) is 1. The van der Waals surface area contributed by atoms with Gasteiger partial charge in [-0.1, -0.05) is 0 Å². The van der Waals surface area contributed by atoms with Gasteiger partial charge >= 0.3 is 0 Å². The SMILES string of the molecule is CNC(=O)C1CNCCN1C(C)c1cncc(F)c1. The second-order valence-electron chi connectivity index (χ2n) is 4.68. The molecule has 0 bridgehead atoms. The van der Waals surface area contributed by atoms with Gasteiger partial charge in [-0.3, -0.25) is 14.7 Å². The van der Waals surface area contributed by atoms with Gasteiger partial charge in [0, 0.05) is 38.9 Å². The molecular formula is C13H19FN4O. The van der Waals surface area contributed by atoms with Crippen LogP contribution in [0.5, 0.6) is 0 Å². The molecule has 5 nitrogen and oxygen atoms in total. The second-order valence-corrected chi connectivity index (χ2v) is 4.68. The van der Waals surface area contributed by atoms with E-state index in [0.717, 1.165) is 18.7 Å². The summed E-state index contributed by atoms with van der Waals surface area (Å²) in [6.45, 7) is 4.14. The third-order valence-electron chi connectivity index (χ3n) is 3.54. The number of piperazine rings is 1. The predicted octanol–water partition coefficient (Wildman–Crippen LogP) is 0.301. The maximum Gasteiger partial charge on any atom is 0.238 e. The van der Waals surface area contributed by atoms with Crippen LogP contribution >= 0.6 is 0 Å². The van der Waals surface area contributed by atoms with E-state index in [1.54, 1.807) is 13.2 Å². The summed E-state index contributed by atoms with van der Waals surface area (Å²) in [5.41, 5.74) is 0.788. The zero-order valence-corrected chi connectivity index (χ0v) is 11.2. The molecule has 2 N–H and O–H groups in total. The normalized spacial score (nSPS) is 21.9. The van der Waals surface area contributed by atoms with Gasteiger partial charge in [0.15, 0.2) is 0 Å². The highest BCUT2D eigenvalue weighted by Crippen LogP contribution is 2.23. The number of hydrogen-bond acceptors (Lipinski definition) is 4. The number of nitrogens with one attached hydrogen (secondary N) is 2. The summed E-state index contributed by atoms with van der Waals surface area (Å²) in [6.07, 6.45) is 2.83. The van der Waals surface area contributed by atoms with Crippen LogP contribution in [0.1, 0.15) is 18.5 Å². The summed E-state index contributed by atoms with van der Waals surface area (Å²) in [4.78, 5) is 17.8. The average Bonchev–Trinajstić information content (AvgIpc) is 2.45. The molecule has 1 saturated heterocycles. The summed E-state index contributed by atoms with van der Waals surface area (Å²) >= 11 is 0. The minimum absolute atomic E-state index is 0.0246. The van der Waals surface area contributed by atoms with Crippen molar-refractivity contribution in [1.29, 1.82) is 0 Å². The average molecular weight is 266 g/mol. The van der Waals surface area contributed by atoms with E-state index >= 15 is 0 Å². The van der Waals surface area contributed by atoms with Gasteiger partial charge < -0.3 is 10.6 Å². The molecule has 1 aromatic heterocycles. The van der Waals surface area contributed by atoms with Crippen LogP contribution in [-0.2, 0) is 4.79 Å². The van der Waals surface area contributed by atoms with Crippen LogP contribution in [-0.4, -0.2) is 48.5 Å². The first-order valence-electron chi connectivity index (χ1n) is 6.42. The van der Waals surface area contributed by atoms with Crippen molar-refractivity contribution in [2.24, 2.45) is 0 Å². The summed E-state index contributed by atoms with van der Waals surface area (Å²) in [6, 6.07) is 1.19. The minimum atomic E-state index is -0.351. The lowest BCUT2D eigenvalue weighted by Gasteiger charge is -2.39. The molecule has 0 aliphatic carbocycles. The molecule has 1 aliphatic heterocycles. The quantitative estimate of drug-likeness (QED) is 0.826. The molecule has 0 spiro atoms. The minimum Gasteiger partial charge on any atom is -0.358 e. The van der Waals surface area contributed by atoms with Crippen molar-refractivity contribution < 1.29 is 9.18 Å². The second kappa shape index (κ2) is 6.08. The number of pyridine rings is 1. The molecule has 2 unspecified atom stereocenters. The van der Waals surface area contributed by atoms with Gasteiger partial charge in [-0.2, -0.15) is 0 Å². The molecule has 19 heavy (non-hydrogen) atoms. The molecule has 0 saturated carbocycles. The summed E-state index contributed by atoms with van der Waals surface area (Å²) in [7, 11) is 1.63. The molecule has 104 valence electrons.